The number of oxazole rings is 1. The number of aromatic nitrogens is 1. The number of phenolic OH excluding ortho intramolecular Hbond substituents is 1. The molecule has 0 saturated heterocycles. The third kappa shape index (κ3) is 3.85. The molecule has 0 bridgehead atoms. The third-order valence-corrected chi connectivity index (χ3v) is 4.01. The summed E-state index contributed by atoms with van der Waals surface area (Å²) in [4.78, 5) is 16.7. The first-order valence-corrected chi connectivity index (χ1v) is 8.25. The maximum atomic E-state index is 12.2. The van der Waals surface area contributed by atoms with Crippen molar-refractivity contribution in [3.63, 3.8) is 0 Å². The van der Waals surface area contributed by atoms with Gasteiger partial charge in [0.1, 0.15) is 17.3 Å². The SMILES string of the molecule is COc1ccc(C(=O)NCCc2nc(-c3ccccc3)oc2C)c(O)c1. The number of aromatic hydroxyl groups is 1. The first kappa shape index (κ1) is 17.5. The number of methoxy groups -OCH3 is 1. The van der Waals surface area contributed by atoms with E-state index in [0.717, 1.165) is 17.0 Å². The van der Waals surface area contributed by atoms with Gasteiger partial charge in [0.25, 0.3) is 5.91 Å². The average Bonchev–Trinajstić information content (AvgIpc) is 3.03. The van der Waals surface area contributed by atoms with Crippen molar-refractivity contribution in [3.8, 4) is 23.0 Å². The first-order valence-electron chi connectivity index (χ1n) is 8.25. The molecule has 0 radical (unpaired) electrons. The fourth-order valence-electron chi connectivity index (χ4n) is 2.58. The Balaban J connectivity index is 1.61. The molecule has 134 valence electrons. The largest absolute Gasteiger partial charge is 0.507 e. The maximum Gasteiger partial charge on any atom is 0.255 e. The summed E-state index contributed by atoms with van der Waals surface area (Å²) < 4.78 is 10.7. The fourth-order valence-corrected chi connectivity index (χ4v) is 2.58. The molecular weight excluding hydrogens is 332 g/mol. The molecule has 1 aromatic heterocycles. The lowest BCUT2D eigenvalue weighted by molar-refractivity contribution is 0.0951. The Morgan fingerprint density at radius 3 is 2.69 bits per heavy atom. The molecular formula is C20H20N2O4. The lowest BCUT2D eigenvalue weighted by Crippen LogP contribution is -2.26. The lowest BCUT2D eigenvalue weighted by atomic mass is 10.1. The number of benzene rings is 2. The molecule has 2 aromatic carbocycles. The lowest BCUT2D eigenvalue weighted by Gasteiger charge is -2.07. The van der Waals surface area contributed by atoms with E-state index in [1.807, 2.05) is 37.3 Å². The summed E-state index contributed by atoms with van der Waals surface area (Å²) in [5, 5.41) is 12.7. The van der Waals surface area contributed by atoms with Gasteiger partial charge >= 0.3 is 0 Å². The van der Waals surface area contributed by atoms with Crippen LogP contribution in [0.5, 0.6) is 11.5 Å². The molecule has 0 spiro atoms. The van der Waals surface area contributed by atoms with E-state index >= 15 is 0 Å². The van der Waals surface area contributed by atoms with Gasteiger partial charge in [-0.25, -0.2) is 4.98 Å². The summed E-state index contributed by atoms with van der Waals surface area (Å²) in [7, 11) is 1.50. The molecule has 0 saturated carbocycles. The number of phenols is 1. The molecule has 3 rings (SSSR count). The minimum atomic E-state index is -0.352. The Labute approximate surface area is 151 Å². The van der Waals surface area contributed by atoms with Gasteiger partial charge in [0.05, 0.1) is 18.4 Å². The Hall–Kier alpha value is -3.28. The molecule has 6 nitrogen and oxygen atoms in total. The summed E-state index contributed by atoms with van der Waals surface area (Å²) in [6.45, 7) is 2.23. The summed E-state index contributed by atoms with van der Waals surface area (Å²) >= 11 is 0. The molecule has 0 unspecified atom stereocenters. The van der Waals surface area contributed by atoms with E-state index in [-0.39, 0.29) is 17.2 Å². The van der Waals surface area contributed by atoms with E-state index in [1.165, 1.54) is 19.2 Å². The molecule has 0 aliphatic rings. The Morgan fingerprint density at radius 2 is 2.00 bits per heavy atom. The van der Waals surface area contributed by atoms with Crippen LogP contribution in [-0.2, 0) is 6.42 Å². The van der Waals surface area contributed by atoms with Crippen LogP contribution in [0.25, 0.3) is 11.5 Å². The predicted octanol–water partition coefficient (Wildman–Crippen LogP) is 3.34. The van der Waals surface area contributed by atoms with Crippen molar-refractivity contribution in [2.24, 2.45) is 0 Å². The molecule has 26 heavy (non-hydrogen) atoms. The second-order valence-corrected chi connectivity index (χ2v) is 5.78. The zero-order valence-electron chi connectivity index (χ0n) is 14.7. The summed E-state index contributed by atoms with van der Waals surface area (Å²) in [5.74, 6) is 1.31. The highest BCUT2D eigenvalue weighted by Crippen LogP contribution is 2.23. The van der Waals surface area contributed by atoms with Gasteiger partial charge in [-0.15, -0.1) is 0 Å². The van der Waals surface area contributed by atoms with Crippen LogP contribution in [0.2, 0.25) is 0 Å². The fraction of sp³-hybridized carbons (Fsp3) is 0.200. The number of hydrogen-bond donors (Lipinski definition) is 2. The minimum Gasteiger partial charge on any atom is -0.507 e. The van der Waals surface area contributed by atoms with Gasteiger partial charge in [-0.05, 0) is 31.2 Å². The highest BCUT2D eigenvalue weighted by Gasteiger charge is 2.14. The Bertz CT molecular complexity index is 903. The summed E-state index contributed by atoms with van der Waals surface area (Å²) in [5.41, 5.74) is 1.91. The van der Waals surface area contributed by atoms with E-state index in [2.05, 4.69) is 10.3 Å². The van der Waals surface area contributed by atoms with Crippen LogP contribution in [0.4, 0.5) is 0 Å². The molecule has 3 aromatic rings. The summed E-state index contributed by atoms with van der Waals surface area (Å²) in [6.07, 6.45) is 0.533. The van der Waals surface area contributed by atoms with Crippen molar-refractivity contribution in [1.29, 1.82) is 0 Å². The van der Waals surface area contributed by atoms with Gasteiger partial charge in [0.15, 0.2) is 0 Å². The highest BCUT2D eigenvalue weighted by molar-refractivity contribution is 5.97. The third-order valence-electron chi connectivity index (χ3n) is 4.01. The van der Waals surface area contributed by atoms with Crippen LogP contribution in [0.3, 0.4) is 0 Å². The monoisotopic (exact) mass is 352 g/mol. The van der Waals surface area contributed by atoms with Crippen molar-refractivity contribution >= 4 is 5.91 Å². The van der Waals surface area contributed by atoms with Gasteiger partial charge in [-0.1, -0.05) is 18.2 Å². The molecule has 0 aliphatic heterocycles. The van der Waals surface area contributed by atoms with Gasteiger partial charge in [0, 0.05) is 24.6 Å². The number of hydrogen-bond acceptors (Lipinski definition) is 5. The zero-order chi connectivity index (χ0) is 18.5. The number of carbonyl (C=O) groups is 1. The van der Waals surface area contributed by atoms with Crippen molar-refractivity contribution in [2.75, 3.05) is 13.7 Å². The molecule has 1 amide bonds. The van der Waals surface area contributed by atoms with Crippen molar-refractivity contribution in [1.82, 2.24) is 10.3 Å². The molecule has 0 aliphatic carbocycles. The van der Waals surface area contributed by atoms with Crippen molar-refractivity contribution in [2.45, 2.75) is 13.3 Å². The van der Waals surface area contributed by atoms with E-state index in [0.29, 0.717) is 24.6 Å². The average molecular weight is 352 g/mol. The Kier molecular flexibility index (Phi) is 5.22. The quantitative estimate of drug-likeness (QED) is 0.711. The van der Waals surface area contributed by atoms with Crippen LogP contribution in [0, 0.1) is 6.92 Å². The number of rotatable bonds is 6. The predicted molar refractivity (Wildman–Crippen MR) is 97.4 cm³/mol. The summed E-state index contributed by atoms with van der Waals surface area (Å²) in [6, 6.07) is 14.2. The second kappa shape index (κ2) is 7.74. The number of aryl methyl sites for hydroxylation is 1. The van der Waals surface area contributed by atoms with E-state index in [9.17, 15) is 9.90 Å². The Morgan fingerprint density at radius 1 is 1.23 bits per heavy atom. The van der Waals surface area contributed by atoms with Crippen molar-refractivity contribution < 1.29 is 19.1 Å². The number of ether oxygens (including phenoxy) is 1. The smallest absolute Gasteiger partial charge is 0.255 e. The minimum absolute atomic E-state index is 0.120. The van der Waals surface area contributed by atoms with Gasteiger partial charge in [-0.3, -0.25) is 4.79 Å². The normalized spacial score (nSPS) is 10.5. The standard InChI is InChI=1S/C20H20N2O4/c1-13-17(22-20(26-13)14-6-4-3-5-7-14)10-11-21-19(24)16-9-8-15(25-2)12-18(16)23/h3-9,12,23H,10-11H2,1-2H3,(H,21,24). The van der Waals surface area contributed by atoms with E-state index in [1.54, 1.807) is 6.07 Å². The second-order valence-electron chi connectivity index (χ2n) is 5.78. The highest BCUT2D eigenvalue weighted by atomic mass is 16.5. The van der Waals surface area contributed by atoms with E-state index in [4.69, 9.17) is 9.15 Å². The van der Waals surface area contributed by atoms with E-state index < -0.39 is 0 Å². The molecule has 0 fully saturated rings. The molecule has 0 atom stereocenters. The van der Waals surface area contributed by atoms with Gasteiger partial charge < -0.3 is 19.6 Å². The van der Waals surface area contributed by atoms with Gasteiger partial charge in [-0.2, -0.15) is 0 Å². The number of carbonyl (C=O) groups excluding carboxylic acids is 1. The number of amides is 1. The van der Waals surface area contributed by atoms with Crippen LogP contribution >= 0.6 is 0 Å². The maximum absolute atomic E-state index is 12.2. The number of nitrogens with one attached hydrogen (secondary N) is 1. The molecule has 1 heterocycles. The van der Waals surface area contributed by atoms with Gasteiger partial charge in [0.2, 0.25) is 5.89 Å². The zero-order valence-corrected chi connectivity index (χ0v) is 14.7. The van der Waals surface area contributed by atoms with Crippen LogP contribution < -0.4 is 10.1 Å². The molecule has 6 heteroatoms. The van der Waals surface area contributed by atoms with Crippen LogP contribution in [0.15, 0.2) is 52.9 Å². The van der Waals surface area contributed by atoms with Crippen LogP contribution in [0.1, 0.15) is 21.8 Å². The van der Waals surface area contributed by atoms with Crippen LogP contribution in [-0.4, -0.2) is 29.7 Å². The topological polar surface area (TPSA) is 84.6 Å². The molecule has 2 N–H and O–H groups in total. The number of nitrogens with zero attached hydrogens (tertiary/aromatic N) is 1. The van der Waals surface area contributed by atoms with Crippen molar-refractivity contribution in [3.05, 3.63) is 65.5 Å². The first-order chi connectivity index (χ1) is 12.6.